The number of aromatic nitrogens is 1. The summed E-state index contributed by atoms with van der Waals surface area (Å²) in [4.78, 5) is 16.4. The maximum Gasteiger partial charge on any atom is 0.263 e. The highest BCUT2D eigenvalue weighted by Crippen LogP contribution is 2.12. The molecule has 16 heavy (non-hydrogen) atoms. The van der Waals surface area contributed by atoms with Crippen molar-refractivity contribution in [2.75, 3.05) is 20.3 Å². The molecule has 1 amide bonds. The van der Waals surface area contributed by atoms with Crippen molar-refractivity contribution in [3.05, 3.63) is 16.1 Å². The lowest BCUT2D eigenvalue weighted by atomic mass is 10.2. The molecule has 90 valence electrons. The van der Waals surface area contributed by atoms with E-state index in [1.807, 2.05) is 0 Å². The first-order valence-electron chi connectivity index (χ1n) is 4.99. The zero-order chi connectivity index (χ0) is 12.0. The molecule has 0 saturated heterocycles. The van der Waals surface area contributed by atoms with E-state index in [0.717, 1.165) is 5.69 Å². The van der Waals surface area contributed by atoms with Crippen LogP contribution < -0.4 is 5.32 Å². The maximum absolute atomic E-state index is 11.8. The summed E-state index contributed by atoms with van der Waals surface area (Å²) in [5.74, 6) is -0.157. The molecule has 1 unspecified atom stereocenters. The number of ether oxygens (including phenoxy) is 1. The largest absolute Gasteiger partial charge is 0.396 e. The number of nitrogens with zero attached hydrogens (tertiary/aromatic N) is 1. The minimum Gasteiger partial charge on any atom is -0.396 e. The SMILES string of the molecule is COCC(CCO)NC(=O)c1scnc1C. The molecule has 0 aliphatic carbocycles. The summed E-state index contributed by atoms with van der Waals surface area (Å²) in [6.07, 6.45) is 0.484. The van der Waals surface area contributed by atoms with Crippen molar-refractivity contribution >= 4 is 17.2 Å². The Balaban J connectivity index is 2.58. The van der Waals surface area contributed by atoms with E-state index in [4.69, 9.17) is 9.84 Å². The average Bonchev–Trinajstić information content (AvgIpc) is 2.65. The van der Waals surface area contributed by atoms with Gasteiger partial charge < -0.3 is 15.2 Å². The third-order valence-electron chi connectivity index (χ3n) is 2.13. The van der Waals surface area contributed by atoms with E-state index in [9.17, 15) is 4.79 Å². The molecule has 0 aliphatic rings. The summed E-state index contributed by atoms with van der Waals surface area (Å²) in [5, 5.41) is 11.7. The first-order valence-corrected chi connectivity index (χ1v) is 5.87. The number of carbonyl (C=O) groups excluding carboxylic acids is 1. The van der Waals surface area contributed by atoms with E-state index in [0.29, 0.717) is 17.9 Å². The topological polar surface area (TPSA) is 71.5 Å². The third kappa shape index (κ3) is 3.55. The number of hydrogen-bond donors (Lipinski definition) is 2. The fraction of sp³-hybridized carbons (Fsp3) is 0.600. The first-order chi connectivity index (χ1) is 7.69. The number of rotatable bonds is 6. The van der Waals surface area contributed by atoms with Crippen LogP contribution in [0.3, 0.4) is 0 Å². The number of nitrogens with one attached hydrogen (secondary N) is 1. The normalized spacial score (nSPS) is 12.4. The van der Waals surface area contributed by atoms with E-state index in [-0.39, 0.29) is 18.6 Å². The molecule has 0 aromatic carbocycles. The van der Waals surface area contributed by atoms with Gasteiger partial charge >= 0.3 is 0 Å². The van der Waals surface area contributed by atoms with Gasteiger partial charge in [-0.05, 0) is 13.3 Å². The number of carbonyl (C=O) groups is 1. The highest BCUT2D eigenvalue weighted by Gasteiger charge is 2.16. The van der Waals surface area contributed by atoms with Crippen molar-refractivity contribution in [3.63, 3.8) is 0 Å². The summed E-state index contributed by atoms with van der Waals surface area (Å²) >= 11 is 1.31. The molecule has 6 heteroatoms. The lowest BCUT2D eigenvalue weighted by molar-refractivity contribution is 0.0882. The Kier molecular flexibility index (Phi) is 5.37. The minimum absolute atomic E-state index is 0.0238. The molecule has 0 aliphatic heterocycles. The van der Waals surface area contributed by atoms with E-state index in [1.54, 1.807) is 19.5 Å². The average molecular weight is 244 g/mol. The second-order valence-electron chi connectivity index (χ2n) is 3.40. The number of aliphatic hydroxyl groups is 1. The predicted molar refractivity (Wildman–Crippen MR) is 61.7 cm³/mol. The Hall–Kier alpha value is -0.980. The maximum atomic E-state index is 11.8. The van der Waals surface area contributed by atoms with Gasteiger partial charge in [0, 0.05) is 13.7 Å². The van der Waals surface area contributed by atoms with Gasteiger partial charge in [-0.15, -0.1) is 11.3 Å². The van der Waals surface area contributed by atoms with Crippen LogP contribution in [0.25, 0.3) is 0 Å². The van der Waals surface area contributed by atoms with Crippen LogP contribution >= 0.6 is 11.3 Å². The summed E-state index contributed by atoms with van der Waals surface area (Å²) in [6, 6.07) is -0.163. The Labute approximate surface area is 98.5 Å². The van der Waals surface area contributed by atoms with Gasteiger partial charge in [-0.3, -0.25) is 4.79 Å². The zero-order valence-corrected chi connectivity index (χ0v) is 10.2. The molecule has 1 aromatic heterocycles. The lowest BCUT2D eigenvalue weighted by Gasteiger charge is -2.16. The minimum atomic E-state index is -0.163. The van der Waals surface area contributed by atoms with Crippen molar-refractivity contribution < 1.29 is 14.6 Å². The standard InChI is InChI=1S/C10H16N2O3S/c1-7-9(16-6-11-7)10(14)12-8(3-4-13)5-15-2/h6,8,13H,3-5H2,1-2H3,(H,12,14). The lowest BCUT2D eigenvalue weighted by Crippen LogP contribution is -2.38. The molecular formula is C10H16N2O3S. The smallest absolute Gasteiger partial charge is 0.263 e. The van der Waals surface area contributed by atoms with E-state index < -0.39 is 0 Å². The zero-order valence-electron chi connectivity index (χ0n) is 9.40. The molecule has 0 fully saturated rings. The van der Waals surface area contributed by atoms with E-state index in [2.05, 4.69) is 10.3 Å². The molecule has 1 heterocycles. The van der Waals surface area contributed by atoms with Gasteiger partial charge in [0.25, 0.3) is 5.91 Å². The number of aryl methyl sites for hydroxylation is 1. The fourth-order valence-corrected chi connectivity index (χ4v) is 2.03. The number of aliphatic hydroxyl groups excluding tert-OH is 1. The molecule has 0 spiro atoms. The van der Waals surface area contributed by atoms with Crippen LogP contribution in [-0.2, 0) is 4.74 Å². The van der Waals surface area contributed by atoms with Gasteiger partial charge in [-0.1, -0.05) is 0 Å². The highest BCUT2D eigenvalue weighted by atomic mass is 32.1. The number of amides is 1. The van der Waals surface area contributed by atoms with Gasteiger partial charge in [0.05, 0.1) is 23.9 Å². The molecule has 0 saturated carbocycles. The second kappa shape index (κ2) is 6.57. The van der Waals surface area contributed by atoms with Crippen LogP contribution in [0, 0.1) is 6.92 Å². The predicted octanol–water partition coefficient (Wildman–Crippen LogP) is 0.579. The Morgan fingerprint density at radius 2 is 2.50 bits per heavy atom. The third-order valence-corrected chi connectivity index (χ3v) is 3.06. The van der Waals surface area contributed by atoms with Crippen molar-refractivity contribution in [2.45, 2.75) is 19.4 Å². The Morgan fingerprint density at radius 1 is 1.75 bits per heavy atom. The molecular weight excluding hydrogens is 228 g/mol. The second-order valence-corrected chi connectivity index (χ2v) is 4.26. The number of hydrogen-bond acceptors (Lipinski definition) is 5. The Morgan fingerprint density at radius 3 is 3.00 bits per heavy atom. The monoisotopic (exact) mass is 244 g/mol. The van der Waals surface area contributed by atoms with Crippen molar-refractivity contribution in [1.29, 1.82) is 0 Å². The van der Waals surface area contributed by atoms with Gasteiger partial charge in [0.15, 0.2) is 0 Å². The molecule has 0 bridgehead atoms. The fourth-order valence-electron chi connectivity index (χ4n) is 1.32. The summed E-state index contributed by atoms with van der Waals surface area (Å²) in [6.45, 7) is 2.21. The highest BCUT2D eigenvalue weighted by molar-refractivity contribution is 7.11. The van der Waals surface area contributed by atoms with Crippen molar-refractivity contribution in [1.82, 2.24) is 10.3 Å². The summed E-state index contributed by atoms with van der Waals surface area (Å²) in [5.41, 5.74) is 2.37. The molecule has 1 atom stereocenters. The summed E-state index contributed by atoms with van der Waals surface area (Å²) < 4.78 is 4.97. The molecule has 0 radical (unpaired) electrons. The van der Waals surface area contributed by atoms with Crippen LogP contribution in [0.4, 0.5) is 0 Å². The van der Waals surface area contributed by atoms with Crippen LogP contribution in [0.1, 0.15) is 21.8 Å². The quantitative estimate of drug-likeness (QED) is 0.768. The Bertz CT molecular complexity index is 335. The van der Waals surface area contributed by atoms with E-state index in [1.165, 1.54) is 11.3 Å². The summed E-state index contributed by atoms with van der Waals surface area (Å²) in [7, 11) is 1.56. The molecule has 1 rings (SSSR count). The van der Waals surface area contributed by atoms with Crippen LogP contribution in [0.5, 0.6) is 0 Å². The van der Waals surface area contributed by atoms with E-state index >= 15 is 0 Å². The molecule has 1 aromatic rings. The van der Waals surface area contributed by atoms with Gasteiger partial charge in [0.2, 0.25) is 0 Å². The van der Waals surface area contributed by atoms with Crippen molar-refractivity contribution in [3.8, 4) is 0 Å². The van der Waals surface area contributed by atoms with Crippen LogP contribution in [0.15, 0.2) is 5.51 Å². The van der Waals surface area contributed by atoms with Crippen LogP contribution in [-0.4, -0.2) is 42.4 Å². The van der Waals surface area contributed by atoms with Gasteiger partial charge in [-0.2, -0.15) is 0 Å². The van der Waals surface area contributed by atoms with Crippen LogP contribution in [0.2, 0.25) is 0 Å². The molecule has 5 nitrogen and oxygen atoms in total. The van der Waals surface area contributed by atoms with Gasteiger partial charge in [0.1, 0.15) is 4.88 Å². The van der Waals surface area contributed by atoms with Crippen molar-refractivity contribution in [2.24, 2.45) is 0 Å². The van der Waals surface area contributed by atoms with Gasteiger partial charge in [-0.25, -0.2) is 4.98 Å². The number of thiazole rings is 1. The molecule has 2 N–H and O–H groups in total. The number of methoxy groups -OCH3 is 1. The first kappa shape index (κ1) is 13.1.